The number of rotatable bonds is 3. The summed E-state index contributed by atoms with van der Waals surface area (Å²) >= 11 is 1.34. The molecule has 0 aliphatic carbocycles. The molecule has 0 atom stereocenters. The fraction of sp³-hybridized carbons (Fsp3) is 0.250. The molecule has 0 saturated carbocycles. The lowest BCUT2D eigenvalue weighted by atomic mass is 10.1. The summed E-state index contributed by atoms with van der Waals surface area (Å²) in [5.74, 6) is 0.0116. The van der Waals surface area contributed by atoms with E-state index in [1.165, 1.54) is 30.5 Å². The van der Waals surface area contributed by atoms with Crippen LogP contribution in [0.5, 0.6) is 5.75 Å². The third-order valence-corrected chi connectivity index (χ3v) is 3.70. The first-order valence-corrected chi connectivity index (χ1v) is 7.97. The van der Waals surface area contributed by atoms with Gasteiger partial charge in [0.25, 0.3) is 5.91 Å². The highest BCUT2D eigenvalue weighted by Crippen LogP contribution is 2.25. The molecule has 2 amide bonds. The first kappa shape index (κ1) is 17.0. The van der Waals surface area contributed by atoms with E-state index in [-0.39, 0.29) is 11.6 Å². The molecule has 1 aromatic rings. The Hall–Kier alpha value is -2.41. The predicted molar refractivity (Wildman–Crippen MR) is 88.8 cm³/mol. The van der Waals surface area contributed by atoms with Crippen LogP contribution in [0.1, 0.15) is 26.3 Å². The summed E-state index contributed by atoms with van der Waals surface area (Å²) in [7, 11) is 0. The molecule has 0 fully saturated rings. The van der Waals surface area contributed by atoms with Gasteiger partial charge in [-0.25, -0.2) is 0 Å². The lowest BCUT2D eigenvalue weighted by Gasteiger charge is -2.16. The van der Waals surface area contributed by atoms with E-state index in [0.717, 1.165) is 0 Å². The molecular formula is C16H16N2O4S. The average molecular weight is 332 g/mol. The number of amides is 2. The van der Waals surface area contributed by atoms with Crippen molar-refractivity contribution in [2.45, 2.75) is 20.8 Å². The van der Waals surface area contributed by atoms with Crippen molar-refractivity contribution in [1.82, 2.24) is 4.90 Å². The van der Waals surface area contributed by atoms with E-state index >= 15 is 0 Å². The molecule has 0 aromatic heterocycles. The Morgan fingerprint density at radius 3 is 2.43 bits per heavy atom. The standard InChI is InChI=1S/C16H16N2O4S/c1-4-23-16-17-15(21)14(18(16)10(2)19)9-12-5-7-13(8-6-12)22-11(3)20/h5-9H,4H2,1-3H3/b14-9+. The monoisotopic (exact) mass is 332 g/mol. The topological polar surface area (TPSA) is 76.0 Å². The van der Waals surface area contributed by atoms with Crippen LogP contribution in [0.15, 0.2) is 35.0 Å². The minimum Gasteiger partial charge on any atom is -0.427 e. The van der Waals surface area contributed by atoms with Crippen LogP contribution < -0.4 is 4.74 Å². The summed E-state index contributed by atoms with van der Waals surface area (Å²) in [5.41, 5.74) is 0.919. The van der Waals surface area contributed by atoms with Gasteiger partial charge in [0.2, 0.25) is 5.91 Å². The van der Waals surface area contributed by atoms with Crippen LogP contribution in [-0.4, -0.2) is 33.6 Å². The number of carbonyl (C=O) groups is 3. The van der Waals surface area contributed by atoms with Crippen LogP contribution >= 0.6 is 11.8 Å². The molecule has 0 N–H and O–H groups in total. The van der Waals surface area contributed by atoms with Crippen LogP contribution in [0.3, 0.4) is 0 Å². The molecule has 7 heteroatoms. The van der Waals surface area contributed by atoms with Crippen molar-refractivity contribution >= 4 is 40.8 Å². The molecule has 23 heavy (non-hydrogen) atoms. The predicted octanol–water partition coefficient (Wildman–Crippen LogP) is 2.45. The van der Waals surface area contributed by atoms with E-state index in [9.17, 15) is 14.4 Å². The first-order valence-electron chi connectivity index (χ1n) is 6.99. The Balaban J connectivity index is 2.28. The second-order valence-electron chi connectivity index (χ2n) is 4.68. The van der Waals surface area contributed by atoms with Gasteiger partial charge in [0.1, 0.15) is 11.4 Å². The van der Waals surface area contributed by atoms with Gasteiger partial charge in [0.15, 0.2) is 5.17 Å². The molecule has 1 aliphatic rings. The Labute approximate surface area is 138 Å². The highest BCUT2D eigenvalue weighted by atomic mass is 32.2. The molecule has 0 spiro atoms. The van der Waals surface area contributed by atoms with Gasteiger partial charge in [-0.2, -0.15) is 4.99 Å². The molecule has 1 heterocycles. The number of aliphatic imine (C=N–C) groups is 1. The fourth-order valence-electron chi connectivity index (χ4n) is 2.01. The molecule has 1 aromatic carbocycles. The van der Waals surface area contributed by atoms with Gasteiger partial charge >= 0.3 is 5.97 Å². The SMILES string of the molecule is CCSC1=NC(=O)/C(=C\c2ccc(OC(C)=O)cc2)N1C(C)=O. The Kier molecular flexibility index (Phi) is 5.33. The number of carbonyl (C=O) groups excluding carboxylic acids is 3. The summed E-state index contributed by atoms with van der Waals surface area (Å²) in [6, 6.07) is 6.63. The largest absolute Gasteiger partial charge is 0.427 e. The van der Waals surface area contributed by atoms with Crippen LogP contribution in [0.2, 0.25) is 0 Å². The van der Waals surface area contributed by atoms with Crippen LogP contribution in [0, 0.1) is 0 Å². The number of hydrogen-bond donors (Lipinski definition) is 0. The van der Waals surface area contributed by atoms with Crippen molar-refractivity contribution in [2.24, 2.45) is 4.99 Å². The number of amidine groups is 1. The Morgan fingerprint density at radius 2 is 1.91 bits per heavy atom. The highest BCUT2D eigenvalue weighted by molar-refractivity contribution is 8.13. The Bertz CT molecular complexity index is 707. The van der Waals surface area contributed by atoms with Crippen LogP contribution in [0.25, 0.3) is 6.08 Å². The van der Waals surface area contributed by atoms with Gasteiger partial charge in [-0.15, -0.1) is 0 Å². The number of thioether (sulfide) groups is 1. The van der Waals surface area contributed by atoms with E-state index in [1.807, 2.05) is 6.92 Å². The van der Waals surface area contributed by atoms with Crippen molar-refractivity contribution in [3.63, 3.8) is 0 Å². The molecular weight excluding hydrogens is 316 g/mol. The molecule has 6 nitrogen and oxygen atoms in total. The number of hydrogen-bond acceptors (Lipinski definition) is 5. The third-order valence-electron chi connectivity index (χ3n) is 2.88. The normalized spacial score (nSPS) is 15.8. The van der Waals surface area contributed by atoms with Crippen LogP contribution in [0.4, 0.5) is 0 Å². The van der Waals surface area contributed by atoms with Crippen molar-refractivity contribution in [3.8, 4) is 5.75 Å². The van der Waals surface area contributed by atoms with E-state index < -0.39 is 11.9 Å². The maximum atomic E-state index is 12.1. The van der Waals surface area contributed by atoms with Gasteiger partial charge in [-0.3, -0.25) is 19.3 Å². The summed E-state index contributed by atoms with van der Waals surface area (Å²) < 4.78 is 4.95. The molecule has 2 rings (SSSR count). The van der Waals surface area contributed by atoms with E-state index in [2.05, 4.69) is 4.99 Å². The zero-order valence-corrected chi connectivity index (χ0v) is 13.8. The molecule has 0 bridgehead atoms. The summed E-state index contributed by atoms with van der Waals surface area (Å²) in [4.78, 5) is 40.0. The van der Waals surface area contributed by atoms with Crippen LogP contribution in [-0.2, 0) is 14.4 Å². The summed E-state index contributed by atoms with van der Waals surface area (Å²) in [6.45, 7) is 4.63. The minimum atomic E-state index is -0.444. The van der Waals surface area contributed by atoms with Gasteiger partial charge in [0.05, 0.1) is 0 Å². The maximum Gasteiger partial charge on any atom is 0.308 e. The molecule has 120 valence electrons. The smallest absolute Gasteiger partial charge is 0.308 e. The lowest BCUT2D eigenvalue weighted by Crippen LogP contribution is -2.29. The van der Waals surface area contributed by atoms with E-state index in [0.29, 0.717) is 22.2 Å². The number of ether oxygens (including phenoxy) is 1. The van der Waals surface area contributed by atoms with E-state index in [1.54, 1.807) is 30.3 Å². The average Bonchev–Trinajstić information content (AvgIpc) is 2.77. The highest BCUT2D eigenvalue weighted by Gasteiger charge is 2.32. The third kappa shape index (κ3) is 4.07. The van der Waals surface area contributed by atoms with E-state index in [4.69, 9.17) is 4.74 Å². The summed E-state index contributed by atoms with van der Waals surface area (Å²) in [6.07, 6.45) is 1.59. The first-order chi connectivity index (χ1) is 10.9. The van der Waals surface area contributed by atoms with Gasteiger partial charge in [-0.1, -0.05) is 30.8 Å². The zero-order valence-electron chi connectivity index (χ0n) is 13.0. The number of esters is 1. The summed E-state index contributed by atoms with van der Waals surface area (Å²) in [5, 5.41) is 0.396. The molecule has 0 unspecified atom stereocenters. The minimum absolute atomic E-state index is 0.216. The quantitative estimate of drug-likeness (QED) is 0.483. The zero-order chi connectivity index (χ0) is 17.0. The van der Waals surface area contributed by atoms with Gasteiger partial charge in [-0.05, 0) is 29.5 Å². The van der Waals surface area contributed by atoms with Gasteiger partial charge < -0.3 is 4.74 Å². The number of benzene rings is 1. The lowest BCUT2D eigenvalue weighted by molar-refractivity contribution is -0.132. The second kappa shape index (κ2) is 7.23. The van der Waals surface area contributed by atoms with Gasteiger partial charge in [0, 0.05) is 13.8 Å². The molecule has 1 aliphatic heterocycles. The second-order valence-corrected chi connectivity index (χ2v) is 5.91. The van der Waals surface area contributed by atoms with Crippen molar-refractivity contribution in [3.05, 3.63) is 35.5 Å². The number of nitrogens with zero attached hydrogens (tertiary/aromatic N) is 2. The van der Waals surface area contributed by atoms with Crippen molar-refractivity contribution in [1.29, 1.82) is 0 Å². The molecule has 0 saturated heterocycles. The molecule has 0 radical (unpaired) electrons. The van der Waals surface area contributed by atoms with Crippen molar-refractivity contribution < 1.29 is 19.1 Å². The van der Waals surface area contributed by atoms with Crippen molar-refractivity contribution in [2.75, 3.05) is 5.75 Å². The maximum absolute atomic E-state index is 12.1. The fourth-order valence-corrected chi connectivity index (χ4v) is 2.77. The Morgan fingerprint density at radius 1 is 1.26 bits per heavy atom.